The minimum Gasteiger partial charge on any atom is -0.376 e. The molecule has 20 heavy (non-hydrogen) atoms. The number of benzene rings is 1. The maximum absolute atomic E-state index is 5.66. The Bertz CT molecular complexity index is 402. The van der Waals surface area contributed by atoms with Crippen molar-refractivity contribution in [1.29, 1.82) is 0 Å². The van der Waals surface area contributed by atoms with Crippen LogP contribution in [0, 0.1) is 5.92 Å². The zero-order valence-electron chi connectivity index (χ0n) is 13.2. The van der Waals surface area contributed by atoms with Crippen molar-refractivity contribution in [2.45, 2.75) is 45.9 Å². The lowest BCUT2D eigenvalue weighted by Gasteiger charge is -2.29. The Kier molecular flexibility index (Phi) is 5.44. The maximum atomic E-state index is 5.66. The zero-order chi connectivity index (χ0) is 14.5. The summed E-state index contributed by atoms with van der Waals surface area (Å²) in [7, 11) is 2.17. The molecule has 2 atom stereocenters. The van der Waals surface area contributed by atoms with E-state index < -0.39 is 0 Å². The molecule has 1 aliphatic rings. The molecular weight excluding hydrogens is 248 g/mol. The summed E-state index contributed by atoms with van der Waals surface area (Å²) in [4.78, 5) is 2.35. The quantitative estimate of drug-likeness (QED) is 0.864. The summed E-state index contributed by atoms with van der Waals surface area (Å²) in [5.41, 5.74) is 2.62. The van der Waals surface area contributed by atoms with E-state index in [1.54, 1.807) is 0 Å². The molecule has 2 rings (SSSR count). The van der Waals surface area contributed by atoms with Crippen molar-refractivity contribution < 1.29 is 4.74 Å². The highest BCUT2D eigenvalue weighted by molar-refractivity contribution is 5.48. The Labute approximate surface area is 123 Å². The van der Waals surface area contributed by atoms with Gasteiger partial charge >= 0.3 is 0 Å². The average molecular weight is 276 g/mol. The fourth-order valence-electron chi connectivity index (χ4n) is 2.77. The van der Waals surface area contributed by atoms with Gasteiger partial charge in [0, 0.05) is 25.9 Å². The molecule has 1 aromatic carbocycles. The van der Waals surface area contributed by atoms with E-state index in [1.165, 1.54) is 11.3 Å². The van der Waals surface area contributed by atoms with Gasteiger partial charge in [0.2, 0.25) is 0 Å². The first-order chi connectivity index (χ1) is 9.58. The lowest BCUT2D eigenvalue weighted by atomic mass is 10.1. The Balaban J connectivity index is 1.90. The molecule has 1 N–H and O–H groups in total. The van der Waals surface area contributed by atoms with Gasteiger partial charge in [-0.2, -0.15) is 0 Å². The summed E-state index contributed by atoms with van der Waals surface area (Å²) in [6, 6.07) is 9.38. The molecule has 0 amide bonds. The minimum absolute atomic E-state index is 0.326. The molecule has 1 saturated heterocycles. The van der Waals surface area contributed by atoms with Gasteiger partial charge in [-0.15, -0.1) is 0 Å². The van der Waals surface area contributed by atoms with E-state index in [4.69, 9.17) is 4.74 Å². The van der Waals surface area contributed by atoms with E-state index in [-0.39, 0.29) is 0 Å². The largest absolute Gasteiger partial charge is 0.376 e. The molecule has 0 bridgehead atoms. The number of anilines is 1. The van der Waals surface area contributed by atoms with Gasteiger partial charge in [0.1, 0.15) is 0 Å². The average Bonchev–Trinajstić information content (AvgIpc) is 2.84. The molecule has 1 aromatic rings. The predicted molar refractivity (Wildman–Crippen MR) is 85.2 cm³/mol. The van der Waals surface area contributed by atoms with Crippen LogP contribution in [0.3, 0.4) is 0 Å². The third-order valence-electron chi connectivity index (χ3n) is 4.06. The van der Waals surface area contributed by atoms with Crippen molar-refractivity contribution in [1.82, 2.24) is 5.32 Å². The van der Waals surface area contributed by atoms with Crippen molar-refractivity contribution in [3.05, 3.63) is 29.8 Å². The number of hydrogen-bond donors (Lipinski definition) is 1. The molecule has 3 nitrogen and oxygen atoms in total. The second kappa shape index (κ2) is 7.09. The summed E-state index contributed by atoms with van der Waals surface area (Å²) in [5.74, 6) is 0.698. The fourth-order valence-corrected chi connectivity index (χ4v) is 2.77. The fraction of sp³-hybridized carbons (Fsp3) is 0.647. The third-order valence-corrected chi connectivity index (χ3v) is 4.06. The van der Waals surface area contributed by atoms with Crippen molar-refractivity contribution in [2.24, 2.45) is 5.92 Å². The summed E-state index contributed by atoms with van der Waals surface area (Å²) in [6.07, 6.45) is 1.45. The standard InChI is InChI=1S/C17H28N2O/c1-13(2)11-18-12-15-5-7-16(8-6-15)19(4)17-9-10-20-14(17)3/h5-8,13-14,17-18H,9-12H2,1-4H3. The van der Waals surface area contributed by atoms with E-state index in [9.17, 15) is 0 Å². The Hall–Kier alpha value is -1.06. The van der Waals surface area contributed by atoms with Crippen LogP contribution in [0.1, 0.15) is 32.8 Å². The van der Waals surface area contributed by atoms with Crippen molar-refractivity contribution in [3.8, 4) is 0 Å². The van der Waals surface area contributed by atoms with Crippen LogP contribution in [0.15, 0.2) is 24.3 Å². The number of nitrogens with zero attached hydrogens (tertiary/aromatic N) is 1. The van der Waals surface area contributed by atoms with Crippen LogP contribution in [0.2, 0.25) is 0 Å². The molecule has 0 saturated carbocycles. The molecule has 1 heterocycles. The number of ether oxygens (including phenoxy) is 1. The minimum atomic E-state index is 0.326. The van der Waals surface area contributed by atoms with E-state index in [2.05, 4.69) is 62.3 Å². The first kappa shape index (κ1) is 15.3. The van der Waals surface area contributed by atoms with Gasteiger partial charge in [-0.1, -0.05) is 26.0 Å². The van der Waals surface area contributed by atoms with Crippen molar-refractivity contribution in [3.63, 3.8) is 0 Å². The van der Waals surface area contributed by atoms with Crippen LogP contribution >= 0.6 is 0 Å². The van der Waals surface area contributed by atoms with Gasteiger partial charge in [-0.3, -0.25) is 0 Å². The van der Waals surface area contributed by atoms with E-state index in [0.717, 1.165) is 26.1 Å². The van der Waals surface area contributed by atoms with Gasteiger partial charge in [-0.25, -0.2) is 0 Å². The maximum Gasteiger partial charge on any atom is 0.0750 e. The van der Waals surface area contributed by atoms with Gasteiger partial charge in [0.05, 0.1) is 12.1 Å². The zero-order valence-corrected chi connectivity index (χ0v) is 13.2. The van der Waals surface area contributed by atoms with Crippen LogP contribution in [0.25, 0.3) is 0 Å². The molecular formula is C17H28N2O. The van der Waals surface area contributed by atoms with E-state index in [1.807, 2.05) is 0 Å². The Morgan fingerprint density at radius 2 is 2.00 bits per heavy atom. The first-order valence-electron chi connectivity index (χ1n) is 7.72. The number of likely N-dealkylation sites (N-methyl/N-ethyl adjacent to an activating group) is 1. The summed E-state index contributed by atoms with van der Waals surface area (Å²) >= 11 is 0. The van der Waals surface area contributed by atoms with Gasteiger partial charge in [0.25, 0.3) is 0 Å². The first-order valence-corrected chi connectivity index (χ1v) is 7.72. The van der Waals surface area contributed by atoms with Gasteiger partial charge in [-0.05, 0) is 43.5 Å². The molecule has 2 unspecified atom stereocenters. The molecule has 0 aliphatic carbocycles. The van der Waals surface area contributed by atoms with Crippen molar-refractivity contribution >= 4 is 5.69 Å². The Morgan fingerprint density at radius 3 is 2.55 bits per heavy atom. The van der Waals surface area contributed by atoms with Crippen LogP contribution in [0.5, 0.6) is 0 Å². The monoisotopic (exact) mass is 276 g/mol. The lowest BCUT2D eigenvalue weighted by molar-refractivity contribution is 0.118. The SMILES string of the molecule is CC(C)CNCc1ccc(N(C)C2CCOC2C)cc1. The third kappa shape index (κ3) is 3.97. The highest BCUT2D eigenvalue weighted by atomic mass is 16.5. The molecule has 112 valence electrons. The smallest absolute Gasteiger partial charge is 0.0750 e. The summed E-state index contributed by atoms with van der Waals surface area (Å²) < 4.78 is 5.66. The number of rotatable bonds is 6. The predicted octanol–water partition coefficient (Wildman–Crippen LogP) is 3.05. The molecule has 0 aromatic heterocycles. The normalized spacial score (nSPS) is 22.4. The van der Waals surface area contributed by atoms with Gasteiger partial charge < -0.3 is 15.0 Å². The highest BCUT2D eigenvalue weighted by Gasteiger charge is 2.27. The molecule has 0 spiro atoms. The summed E-state index contributed by atoms with van der Waals surface area (Å²) in [5, 5.41) is 3.48. The summed E-state index contributed by atoms with van der Waals surface area (Å²) in [6.45, 7) is 9.53. The number of hydrogen-bond acceptors (Lipinski definition) is 3. The molecule has 3 heteroatoms. The van der Waals surface area contributed by atoms with Crippen molar-refractivity contribution in [2.75, 3.05) is 25.1 Å². The van der Waals surface area contributed by atoms with Gasteiger partial charge in [0.15, 0.2) is 0 Å². The van der Waals surface area contributed by atoms with E-state index in [0.29, 0.717) is 18.1 Å². The molecule has 0 radical (unpaired) electrons. The second-order valence-electron chi connectivity index (χ2n) is 6.23. The van der Waals surface area contributed by atoms with Crippen LogP contribution in [-0.4, -0.2) is 32.3 Å². The molecule has 1 fully saturated rings. The van der Waals surface area contributed by atoms with E-state index >= 15 is 0 Å². The topological polar surface area (TPSA) is 24.5 Å². The lowest BCUT2D eigenvalue weighted by Crippen LogP contribution is -2.36. The molecule has 1 aliphatic heterocycles. The van der Waals surface area contributed by atoms with Crippen LogP contribution in [0.4, 0.5) is 5.69 Å². The van der Waals surface area contributed by atoms with Crippen LogP contribution in [-0.2, 0) is 11.3 Å². The second-order valence-corrected chi connectivity index (χ2v) is 6.23. The highest BCUT2D eigenvalue weighted by Crippen LogP contribution is 2.24. The van der Waals surface area contributed by atoms with Crippen LogP contribution < -0.4 is 10.2 Å². The number of nitrogens with one attached hydrogen (secondary N) is 1. The Morgan fingerprint density at radius 1 is 1.30 bits per heavy atom.